The number of fused-ring (bicyclic) bond motifs is 3. The van der Waals surface area contributed by atoms with Gasteiger partial charge in [-0.2, -0.15) is 5.10 Å². The highest BCUT2D eigenvalue weighted by Gasteiger charge is 2.12. The Bertz CT molecular complexity index is 757. The molecule has 0 aliphatic carbocycles. The third-order valence-electron chi connectivity index (χ3n) is 3.35. The maximum absolute atomic E-state index is 5.81. The van der Waals surface area contributed by atoms with Gasteiger partial charge in [0.1, 0.15) is 11.2 Å². The van der Waals surface area contributed by atoms with Crippen molar-refractivity contribution >= 4 is 33.8 Å². The number of rotatable bonds is 1. The molecule has 2 aromatic carbocycles. The number of para-hydroxylation sites is 1. The monoisotopic (exact) mass is 236 g/mol. The van der Waals surface area contributed by atoms with Gasteiger partial charge in [-0.3, -0.25) is 5.01 Å². The fourth-order valence-electron chi connectivity index (χ4n) is 2.46. The van der Waals surface area contributed by atoms with Gasteiger partial charge in [-0.15, -0.1) is 0 Å². The molecule has 1 aliphatic rings. The van der Waals surface area contributed by atoms with Crippen LogP contribution in [0.2, 0.25) is 0 Å². The van der Waals surface area contributed by atoms with Crippen molar-refractivity contribution in [3.05, 3.63) is 42.5 Å². The summed E-state index contributed by atoms with van der Waals surface area (Å²) in [7, 11) is 0. The Balaban J connectivity index is 1.97. The van der Waals surface area contributed by atoms with E-state index in [2.05, 4.69) is 23.3 Å². The lowest BCUT2D eigenvalue weighted by atomic mass is 10.1. The van der Waals surface area contributed by atoms with Gasteiger partial charge in [0.25, 0.3) is 0 Å². The van der Waals surface area contributed by atoms with Crippen LogP contribution >= 0.6 is 0 Å². The predicted molar refractivity (Wildman–Crippen MR) is 74.2 cm³/mol. The average molecular weight is 236 g/mol. The van der Waals surface area contributed by atoms with Crippen LogP contribution in [0.15, 0.2) is 52.0 Å². The molecule has 3 heteroatoms. The molecule has 0 radical (unpaired) electrons. The first-order chi connectivity index (χ1) is 8.92. The van der Waals surface area contributed by atoms with Crippen LogP contribution in [-0.4, -0.2) is 12.8 Å². The summed E-state index contributed by atoms with van der Waals surface area (Å²) in [6, 6.07) is 14.4. The summed E-state index contributed by atoms with van der Waals surface area (Å²) in [6.45, 7) is 0.960. The highest BCUT2D eigenvalue weighted by molar-refractivity contribution is 6.06. The third kappa shape index (κ3) is 1.34. The minimum atomic E-state index is 0.933. The molecule has 1 aliphatic heterocycles. The number of hydrogen-bond acceptors (Lipinski definition) is 3. The predicted octanol–water partition coefficient (Wildman–Crippen LogP) is 3.78. The minimum absolute atomic E-state index is 0.933. The molecule has 18 heavy (non-hydrogen) atoms. The summed E-state index contributed by atoms with van der Waals surface area (Å²) >= 11 is 0. The van der Waals surface area contributed by atoms with Crippen LogP contribution in [-0.2, 0) is 0 Å². The van der Waals surface area contributed by atoms with E-state index in [0.717, 1.165) is 40.6 Å². The van der Waals surface area contributed by atoms with Gasteiger partial charge in [0, 0.05) is 30.0 Å². The molecular formula is C15H12N2O. The van der Waals surface area contributed by atoms with E-state index >= 15 is 0 Å². The van der Waals surface area contributed by atoms with Crippen LogP contribution in [0.25, 0.3) is 21.9 Å². The second-order valence-electron chi connectivity index (χ2n) is 4.49. The van der Waals surface area contributed by atoms with Crippen LogP contribution in [0.1, 0.15) is 6.42 Å². The number of benzene rings is 2. The molecule has 0 spiro atoms. The molecule has 4 rings (SSSR count). The number of hydrogen-bond donors (Lipinski definition) is 0. The summed E-state index contributed by atoms with van der Waals surface area (Å²) in [5.41, 5.74) is 3.00. The number of nitrogens with zero attached hydrogens (tertiary/aromatic N) is 2. The minimum Gasteiger partial charge on any atom is -0.456 e. The maximum atomic E-state index is 5.81. The lowest BCUT2D eigenvalue weighted by Gasteiger charge is -2.13. The third-order valence-corrected chi connectivity index (χ3v) is 3.35. The van der Waals surface area contributed by atoms with E-state index in [1.807, 2.05) is 35.5 Å². The first-order valence-corrected chi connectivity index (χ1v) is 6.13. The molecule has 88 valence electrons. The smallest absolute Gasteiger partial charge is 0.135 e. The van der Waals surface area contributed by atoms with E-state index in [0.29, 0.717) is 0 Å². The highest BCUT2D eigenvalue weighted by Crippen LogP contribution is 2.32. The SMILES string of the molecule is C1=NN(c2ccc3oc4ccccc4c3c2)CC1. The Morgan fingerprint density at radius 1 is 1.00 bits per heavy atom. The number of furan rings is 1. The van der Waals surface area contributed by atoms with Crippen molar-refractivity contribution in [2.24, 2.45) is 5.10 Å². The van der Waals surface area contributed by atoms with Gasteiger partial charge in [-0.05, 0) is 24.3 Å². The topological polar surface area (TPSA) is 28.7 Å². The van der Waals surface area contributed by atoms with Gasteiger partial charge in [-0.25, -0.2) is 0 Å². The van der Waals surface area contributed by atoms with E-state index in [-0.39, 0.29) is 0 Å². The fraction of sp³-hybridized carbons (Fsp3) is 0.133. The number of hydrazone groups is 1. The second kappa shape index (κ2) is 3.60. The summed E-state index contributed by atoms with van der Waals surface area (Å²) in [5, 5.41) is 8.71. The van der Waals surface area contributed by atoms with Crippen molar-refractivity contribution in [1.29, 1.82) is 0 Å². The summed E-state index contributed by atoms with van der Waals surface area (Å²) in [4.78, 5) is 0. The molecule has 0 bridgehead atoms. The van der Waals surface area contributed by atoms with Crippen molar-refractivity contribution < 1.29 is 4.42 Å². The van der Waals surface area contributed by atoms with Crippen molar-refractivity contribution in [2.75, 3.05) is 11.6 Å². The van der Waals surface area contributed by atoms with Gasteiger partial charge in [0.05, 0.1) is 5.69 Å². The molecule has 3 aromatic rings. The van der Waals surface area contributed by atoms with Crippen molar-refractivity contribution in [3.63, 3.8) is 0 Å². The Morgan fingerprint density at radius 3 is 2.78 bits per heavy atom. The lowest BCUT2D eigenvalue weighted by molar-refractivity contribution is 0.669. The van der Waals surface area contributed by atoms with E-state index in [9.17, 15) is 0 Å². The van der Waals surface area contributed by atoms with Gasteiger partial charge < -0.3 is 4.42 Å². The largest absolute Gasteiger partial charge is 0.456 e. The lowest BCUT2D eigenvalue weighted by Crippen LogP contribution is -2.11. The Hall–Kier alpha value is -2.29. The molecule has 0 saturated carbocycles. The van der Waals surface area contributed by atoms with Crippen molar-refractivity contribution in [3.8, 4) is 0 Å². The molecule has 0 N–H and O–H groups in total. The Morgan fingerprint density at radius 2 is 1.89 bits per heavy atom. The van der Waals surface area contributed by atoms with Crippen molar-refractivity contribution in [1.82, 2.24) is 0 Å². The summed E-state index contributed by atoms with van der Waals surface area (Å²) in [6.07, 6.45) is 2.97. The first-order valence-electron chi connectivity index (χ1n) is 6.13. The summed E-state index contributed by atoms with van der Waals surface area (Å²) < 4.78 is 5.81. The molecule has 0 unspecified atom stereocenters. The van der Waals surface area contributed by atoms with Gasteiger partial charge in [0.2, 0.25) is 0 Å². The van der Waals surface area contributed by atoms with Crippen LogP contribution < -0.4 is 5.01 Å². The van der Waals surface area contributed by atoms with E-state index < -0.39 is 0 Å². The van der Waals surface area contributed by atoms with E-state index in [4.69, 9.17) is 4.42 Å². The molecule has 0 amide bonds. The second-order valence-corrected chi connectivity index (χ2v) is 4.49. The zero-order valence-electron chi connectivity index (χ0n) is 9.84. The maximum Gasteiger partial charge on any atom is 0.135 e. The molecule has 0 atom stereocenters. The molecule has 2 heterocycles. The normalized spacial score (nSPS) is 15.0. The first kappa shape index (κ1) is 9.71. The Kier molecular flexibility index (Phi) is 1.94. The number of anilines is 1. The Labute approximate surface area is 104 Å². The molecule has 0 saturated heterocycles. The van der Waals surface area contributed by atoms with Gasteiger partial charge in [0.15, 0.2) is 0 Å². The van der Waals surface area contributed by atoms with Crippen LogP contribution in [0.3, 0.4) is 0 Å². The average Bonchev–Trinajstić information content (AvgIpc) is 3.05. The van der Waals surface area contributed by atoms with Crippen LogP contribution in [0.4, 0.5) is 5.69 Å². The fourth-order valence-corrected chi connectivity index (χ4v) is 2.46. The summed E-state index contributed by atoms with van der Waals surface area (Å²) in [5.74, 6) is 0. The zero-order valence-corrected chi connectivity index (χ0v) is 9.84. The molecule has 1 aromatic heterocycles. The molecule has 3 nitrogen and oxygen atoms in total. The standard InChI is InChI=1S/C15H12N2O/c1-2-5-14-12(4-1)13-10-11(6-7-15(13)18-14)17-9-3-8-16-17/h1-2,4-8,10H,3,9H2. The zero-order chi connectivity index (χ0) is 11.9. The van der Waals surface area contributed by atoms with Gasteiger partial charge >= 0.3 is 0 Å². The van der Waals surface area contributed by atoms with E-state index in [1.54, 1.807) is 0 Å². The van der Waals surface area contributed by atoms with Gasteiger partial charge in [-0.1, -0.05) is 18.2 Å². The van der Waals surface area contributed by atoms with Crippen molar-refractivity contribution in [2.45, 2.75) is 6.42 Å². The highest BCUT2D eigenvalue weighted by atomic mass is 16.3. The molecule has 0 fully saturated rings. The van der Waals surface area contributed by atoms with Crippen LogP contribution in [0, 0.1) is 0 Å². The molecular weight excluding hydrogens is 224 g/mol. The van der Waals surface area contributed by atoms with E-state index in [1.165, 1.54) is 0 Å². The quantitative estimate of drug-likeness (QED) is 0.643. The van der Waals surface area contributed by atoms with Crippen LogP contribution in [0.5, 0.6) is 0 Å².